The van der Waals surface area contributed by atoms with Gasteiger partial charge in [-0.05, 0) is 24.5 Å². The Bertz CT molecular complexity index is 616. The third-order valence-electron chi connectivity index (χ3n) is 3.05. The number of benzene rings is 1. The molecular weight excluding hydrogens is 306 g/mol. The fourth-order valence-corrected chi connectivity index (χ4v) is 2.54. The number of aryl methyl sites for hydroxylation is 1. The van der Waals surface area contributed by atoms with E-state index in [9.17, 15) is 4.79 Å². The van der Waals surface area contributed by atoms with Crippen molar-refractivity contribution in [2.24, 2.45) is 0 Å². The monoisotopic (exact) mass is 321 g/mol. The fraction of sp³-hybridized carbons (Fsp3) is 0.267. The molecule has 1 aromatic heterocycles. The van der Waals surface area contributed by atoms with Gasteiger partial charge in [0.1, 0.15) is 0 Å². The van der Waals surface area contributed by atoms with E-state index in [1.807, 2.05) is 12.1 Å². The number of fused-ring (bicyclic) bond motifs is 1. The first-order chi connectivity index (χ1) is 9.08. The van der Waals surface area contributed by atoms with Gasteiger partial charge < -0.3 is 9.67 Å². The number of aliphatic carboxylic acids is 1. The average molecular weight is 322 g/mol. The second-order valence-corrected chi connectivity index (χ2v) is 5.69. The lowest BCUT2D eigenvalue weighted by atomic mass is 10.1. The molecule has 0 aliphatic carbocycles. The van der Waals surface area contributed by atoms with Gasteiger partial charge in [0.05, 0.1) is 6.54 Å². The molecule has 4 heteroatoms. The van der Waals surface area contributed by atoms with Gasteiger partial charge in [0, 0.05) is 28.0 Å². The van der Waals surface area contributed by atoms with E-state index in [2.05, 4.69) is 45.4 Å². The van der Waals surface area contributed by atoms with Crippen LogP contribution in [0.1, 0.15) is 18.4 Å². The first-order valence-electron chi connectivity index (χ1n) is 6.19. The molecule has 0 aliphatic rings. The summed E-state index contributed by atoms with van der Waals surface area (Å²) in [5, 5.41) is 9.90. The second-order valence-electron chi connectivity index (χ2n) is 4.56. The quantitative estimate of drug-likeness (QED) is 0.875. The minimum absolute atomic E-state index is 0.213. The van der Waals surface area contributed by atoms with Crippen LogP contribution in [-0.2, 0) is 17.8 Å². The van der Waals surface area contributed by atoms with E-state index >= 15 is 0 Å². The lowest BCUT2D eigenvalue weighted by molar-refractivity contribution is -0.137. The number of hydrogen-bond acceptors (Lipinski definition) is 1. The molecule has 0 amide bonds. The molecule has 1 N–H and O–H groups in total. The molecule has 0 radical (unpaired) electrons. The lowest BCUT2D eigenvalue weighted by Gasteiger charge is -2.02. The molecule has 0 unspecified atom stereocenters. The topological polar surface area (TPSA) is 42.2 Å². The van der Waals surface area contributed by atoms with Crippen LogP contribution in [0.5, 0.6) is 0 Å². The Morgan fingerprint density at radius 3 is 2.79 bits per heavy atom. The van der Waals surface area contributed by atoms with Gasteiger partial charge in [0.15, 0.2) is 0 Å². The molecule has 2 aromatic rings. The Morgan fingerprint density at radius 1 is 1.37 bits per heavy atom. The van der Waals surface area contributed by atoms with E-state index in [4.69, 9.17) is 5.11 Å². The molecular formula is C15H16BrNO2. The zero-order valence-electron chi connectivity index (χ0n) is 10.6. The van der Waals surface area contributed by atoms with Gasteiger partial charge in [-0.25, -0.2) is 0 Å². The highest BCUT2D eigenvalue weighted by Gasteiger charge is 2.08. The molecule has 0 spiro atoms. The highest BCUT2D eigenvalue weighted by Crippen LogP contribution is 2.24. The van der Waals surface area contributed by atoms with Crippen LogP contribution in [0.25, 0.3) is 10.9 Å². The molecule has 0 bridgehead atoms. The molecule has 19 heavy (non-hydrogen) atoms. The molecule has 1 heterocycles. The summed E-state index contributed by atoms with van der Waals surface area (Å²) in [5.41, 5.74) is 2.36. The third-order valence-corrected chi connectivity index (χ3v) is 3.30. The van der Waals surface area contributed by atoms with Crippen LogP contribution in [0, 0.1) is 0 Å². The van der Waals surface area contributed by atoms with Crippen molar-refractivity contribution in [2.75, 3.05) is 0 Å². The molecule has 100 valence electrons. The summed E-state index contributed by atoms with van der Waals surface area (Å²) < 4.78 is 3.06. The number of hydrogen-bond donors (Lipinski definition) is 1. The van der Waals surface area contributed by atoms with Crippen LogP contribution in [0.15, 0.2) is 41.5 Å². The number of allylic oxidation sites excluding steroid dienone is 1. The Morgan fingerprint density at radius 2 is 2.11 bits per heavy atom. The number of rotatable bonds is 6. The van der Waals surface area contributed by atoms with Gasteiger partial charge in [0.2, 0.25) is 0 Å². The van der Waals surface area contributed by atoms with Crippen molar-refractivity contribution < 1.29 is 9.90 Å². The average Bonchev–Trinajstić information content (AvgIpc) is 2.67. The molecule has 0 saturated heterocycles. The summed E-state index contributed by atoms with van der Waals surface area (Å²) >= 11 is 3.38. The smallest absolute Gasteiger partial charge is 0.303 e. The number of carbonyl (C=O) groups is 1. The molecule has 1 aromatic carbocycles. The van der Waals surface area contributed by atoms with E-state index in [1.165, 1.54) is 10.9 Å². The van der Waals surface area contributed by atoms with E-state index in [0.717, 1.165) is 23.0 Å². The minimum Gasteiger partial charge on any atom is -0.481 e. The van der Waals surface area contributed by atoms with Gasteiger partial charge in [-0.15, -0.1) is 0 Å². The van der Waals surface area contributed by atoms with Crippen molar-refractivity contribution >= 4 is 32.8 Å². The molecule has 0 fully saturated rings. The van der Waals surface area contributed by atoms with Crippen LogP contribution in [-0.4, -0.2) is 15.6 Å². The number of halogens is 1. The minimum atomic E-state index is -0.738. The molecule has 0 aliphatic heterocycles. The predicted octanol–water partition coefficient (Wildman–Crippen LogP) is 3.96. The van der Waals surface area contributed by atoms with Crippen LogP contribution >= 0.6 is 15.9 Å². The van der Waals surface area contributed by atoms with Gasteiger partial charge in [-0.2, -0.15) is 0 Å². The van der Waals surface area contributed by atoms with Gasteiger partial charge in [-0.3, -0.25) is 4.79 Å². The summed E-state index contributed by atoms with van der Waals surface area (Å²) in [5.74, 6) is -0.738. The van der Waals surface area contributed by atoms with E-state index < -0.39 is 5.97 Å². The first-order valence-corrected chi connectivity index (χ1v) is 6.99. The summed E-state index contributed by atoms with van der Waals surface area (Å²) in [6.07, 6.45) is 3.76. The Hall–Kier alpha value is -1.55. The van der Waals surface area contributed by atoms with E-state index in [-0.39, 0.29) is 6.42 Å². The van der Waals surface area contributed by atoms with Gasteiger partial charge in [-0.1, -0.05) is 40.7 Å². The zero-order valence-corrected chi connectivity index (χ0v) is 12.2. The van der Waals surface area contributed by atoms with Crippen LogP contribution in [0.4, 0.5) is 0 Å². The summed E-state index contributed by atoms with van der Waals surface area (Å²) in [4.78, 5) is 10.6. The maximum Gasteiger partial charge on any atom is 0.303 e. The summed E-state index contributed by atoms with van der Waals surface area (Å²) in [6.45, 7) is 4.59. The Labute approximate surface area is 120 Å². The number of nitrogens with zero attached hydrogens (tertiary/aromatic N) is 1. The maximum absolute atomic E-state index is 10.6. The van der Waals surface area contributed by atoms with Crippen LogP contribution in [0.2, 0.25) is 0 Å². The van der Waals surface area contributed by atoms with Crippen molar-refractivity contribution in [1.29, 1.82) is 0 Å². The lowest BCUT2D eigenvalue weighted by Crippen LogP contribution is -1.96. The standard InChI is InChI=1S/C15H16BrNO2/c1-11(16)9-17-10-12(5-4-8-15(18)19)13-6-2-3-7-14(13)17/h2-3,6-7,10H,1,4-5,8-9H2,(H,18,19). The Balaban J connectivity index is 2.27. The normalized spacial score (nSPS) is 10.8. The largest absolute Gasteiger partial charge is 0.481 e. The van der Waals surface area contributed by atoms with Crippen molar-refractivity contribution in [1.82, 2.24) is 4.57 Å². The zero-order chi connectivity index (χ0) is 13.8. The first kappa shape index (κ1) is 13.9. The molecule has 0 saturated carbocycles. The number of aromatic nitrogens is 1. The van der Waals surface area contributed by atoms with Crippen molar-refractivity contribution in [3.05, 3.63) is 47.1 Å². The number of carboxylic acid groups (broad SMARTS) is 1. The number of carboxylic acids is 1. The van der Waals surface area contributed by atoms with Crippen LogP contribution < -0.4 is 0 Å². The number of para-hydroxylation sites is 1. The molecule has 3 nitrogen and oxygen atoms in total. The Kier molecular flexibility index (Phi) is 4.43. The SMILES string of the molecule is C=C(Br)Cn1cc(CCCC(=O)O)c2ccccc21. The van der Waals surface area contributed by atoms with Gasteiger partial charge >= 0.3 is 5.97 Å². The van der Waals surface area contributed by atoms with Crippen LogP contribution in [0.3, 0.4) is 0 Å². The highest BCUT2D eigenvalue weighted by atomic mass is 79.9. The van der Waals surface area contributed by atoms with E-state index in [1.54, 1.807) is 0 Å². The van der Waals surface area contributed by atoms with Crippen molar-refractivity contribution in [3.63, 3.8) is 0 Å². The van der Waals surface area contributed by atoms with Crippen molar-refractivity contribution in [2.45, 2.75) is 25.8 Å². The van der Waals surface area contributed by atoms with Crippen molar-refractivity contribution in [3.8, 4) is 0 Å². The second kappa shape index (κ2) is 6.06. The summed E-state index contributed by atoms with van der Waals surface area (Å²) in [7, 11) is 0. The highest BCUT2D eigenvalue weighted by molar-refractivity contribution is 9.11. The maximum atomic E-state index is 10.6. The third kappa shape index (κ3) is 3.47. The molecule has 2 rings (SSSR count). The fourth-order valence-electron chi connectivity index (χ4n) is 2.27. The molecule has 0 atom stereocenters. The summed E-state index contributed by atoms with van der Waals surface area (Å²) in [6, 6.07) is 8.18. The predicted molar refractivity (Wildman–Crippen MR) is 80.6 cm³/mol. The van der Waals surface area contributed by atoms with E-state index in [0.29, 0.717) is 6.42 Å². The van der Waals surface area contributed by atoms with Gasteiger partial charge in [0.25, 0.3) is 0 Å².